The zero-order valence-electron chi connectivity index (χ0n) is 18.0. The van der Waals surface area contributed by atoms with Gasteiger partial charge in [-0.15, -0.1) is 0 Å². The van der Waals surface area contributed by atoms with Gasteiger partial charge < -0.3 is 19.2 Å². The summed E-state index contributed by atoms with van der Waals surface area (Å²) in [7, 11) is -2.21. The lowest BCUT2D eigenvalue weighted by Gasteiger charge is -2.42. The minimum absolute atomic E-state index is 0.0552. The minimum atomic E-state index is -2.21. The van der Waals surface area contributed by atoms with Gasteiger partial charge in [-0.1, -0.05) is 41.5 Å². The van der Waals surface area contributed by atoms with E-state index in [9.17, 15) is 18.7 Å². The molecule has 0 saturated carbocycles. The van der Waals surface area contributed by atoms with Gasteiger partial charge in [-0.2, -0.15) is 8.78 Å². The van der Waals surface area contributed by atoms with Crippen molar-refractivity contribution in [1.82, 2.24) is 4.90 Å². The lowest BCUT2D eigenvalue weighted by molar-refractivity contribution is 0.0739. The molecule has 8 heteroatoms. The molecule has 0 aliphatic heterocycles. The second-order valence-electron chi connectivity index (χ2n) is 7.71. The number of rotatable bonds is 11. The van der Waals surface area contributed by atoms with Gasteiger partial charge in [0.15, 0.2) is 14.1 Å². The van der Waals surface area contributed by atoms with Crippen molar-refractivity contribution in [3.05, 3.63) is 11.8 Å². The summed E-state index contributed by atoms with van der Waals surface area (Å²) in [6.45, 7) is 16.8. The Bertz CT molecular complexity index is 468. The van der Waals surface area contributed by atoms with Gasteiger partial charge in [0.25, 0.3) is 0 Å². The van der Waals surface area contributed by atoms with E-state index in [1.807, 2.05) is 0 Å². The molecule has 160 valence electrons. The highest BCUT2D eigenvalue weighted by molar-refractivity contribution is 6.77. The fourth-order valence-corrected chi connectivity index (χ4v) is 9.30. The molecule has 1 N–H and O–H groups in total. The molecule has 27 heavy (non-hydrogen) atoms. The standard InChI is InChI=1S/C19H37F2NO4Si/c1-9-22(10-2)19(24)26-17(18(20)21)11-16(23)12-25-27(13(3)4,14(5)6)15(7)8/h13-16,23H,9-12H2,1-8H3/t16-/m1/s1. The lowest BCUT2D eigenvalue weighted by atomic mass is 10.2. The van der Waals surface area contributed by atoms with Crippen LogP contribution in [0.1, 0.15) is 61.8 Å². The fraction of sp³-hybridized carbons (Fsp3) is 0.842. The van der Waals surface area contributed by atoms with Crippen LogP contribution in [-0.2, 0) is 9.16 Å². The molecule has 0 unspecified atom stereocenters. The molecule has 1 amide bonds. The highest BCUT2D eigenvalue weighted by Crippen LogP contribution is 2.42. The molecule has 0 rings (SSSR count). The van der Waals surface area contributed by atoms with Crippen molar-refractivity contribution in [1.29, 1.82) is 0 Å². The number of hydrogen-bond acceptors (Lipinski definition) is 4. The predicted octanol–water partition coefficient (Wildman–Crippen LogP) is 5.52. The summed E-state index contributed by atoms with van der Waals surface area (Å²) in [5.41, 5.74) is 0.953. The third kappa shape index (κ3) is 7.16. The maximum Gasteiger partial charge on any atom is 0.415 e. The Balaban J connectivity index is 5.10. The van der Waals surface area contributed by atoms with Crippen LogP contribution in [0.25, 0.3) is 0 Å². The van der Waals surface area contributed by atoms with E-state index in [4.69, 9.17) is 9.16 Å². The van der Waals surface area contributed by atoms with Crippen LogP contribution in [0, 0.1) is 0 Å². The molecular weight excluding hydrogens is 372 g/mol. The predicted molar refractivity (Wildman–Crippen MR) is 106 cm³/mol. The summed E-state index contributed by atoms with van der Waals surface area (Å²) in [4.78, 5) is 13.2. The van der Waals surface area contributed by atoms with Gasteiger partial charge in [-0.3, -0.25) is 0 Å². The van der Waals surface area contributed by atoms with Gasteiger partial charge in [0.1, 0.15) is 0 Å². The molecule has 0 heterocycles. The Kier molecular flexibility index (Phi) is 11.3. The molecule has 0 aromatic heterocycles. The Labute approximate surface area is 163 Å². The Hall–Kier alpha value is -0.993. The van der Waals surface area contributed by atoms with E-state index in [-0.39, 0.29) is 6.61 Å². The van der Waals surface area contributed by atoms with Gasteiger partial charge in [0.2, 0.25) is 0 Å². The van der Waals surface area contributed by atoms with Crippen molar-refractivity contribution < 1.29 is 27.8 Å². The largest absolute Gasteiger partial charge is 0.415 e. The van der Waals surface area contributed by atoms with E-state index in [0.29, 0.717) is 29.7 Å². The van der Waals surface area contributed by atoms with Crippen LogP contribution in [0.2, 0.25) is 16.6 Å². The lowest BCUT2D eigenvalue weighted by Crippen LogP contribution is -2.49. The molecule has 0 radical (unpaired) electrons. The van der Waals surface area contributed by atoms with Crippen LogP contribution in [0.5, 0.6) is 0 Å². The van der Waals surface area contributed by atoms with Crippen molar-refractivity contribution >= 4 is 14.4 Å². The molecule has 0 saturated heterocycles. The quantitative estimate of drug-likeness (QED) is 0.361. The summed E-state index contributed by atoms with van der Waals surface area (Å²) >= 11 is 0. The molecule has 0 aliphatic carbocycles. The molecule has 0 aromatic rings. The smallest absolute Gasteiger partial charge is 0.413 e. The summed E-state index contributed by atoms with van der Waals surface area (Å²) in [5.74, 6) is -0.797. The van der Waals surface area contributed by atoms with Crippen LogP contribution < -0.4 is 0 Å². The van der Waals surface area contributed by atoms with Crippen molar-refractivity contribution in [2.45, 2.75) is 84.5 Å². The number of ether oxygens (including phenoxy) is 1. The first kappa shape index (κ1) is 26.0. The molecule has 0 aliphatic rings. The van der Waals surface area contributed by atoms with E-state index in [1.165, 1.54) is 4.90 Å². The van der Waals surface area contributed by atoms with Crippen LogP contribution >= 0.6 is 0 Å². The molecular formula is C19H37F2NO4Si. The zero-order valence-corrected chi connectivity index (χ0v) is 19.0. The SMILES string of the molecule is CCN(CC)C(=O)OC(C[C@@H](O)CO[Si](C(C)C)(C(C)C)C(C)C)=C(F)F. The molecule has 1 atom stereocenters. The van der Waals surface area contributed by atoms with E-state index in [1.54, 1.807) is 13.8 Å². The average Bonchev–Trinajstić information content (AvgIpc) is 2.54. The van der Waals surface area contributed by atoms with E-state index >= 15 is 0 Å². The van der Waals surface area contributed by atoms with E-state index < -0.39 is 38.8 Å². The monoisotopic (exact) mass is 409 g/mol. The van der Waals surface area contributed by atoms with Gasteiger partial charge in [0.05, 0.1) is 12.7 Å². The number of aliphatic hydroxyl groups is 1. The fourth-order valence-electron chi connectivity index (χ4n) is 3.82. The minimum Gasteiger partial charge on any atom is -0.413 e. The van der Waals surface area contributed by atoms with Gasteiger partial charge in [-0.05, 0) is 30.5 Å². The molecule has 0 spiro atoms. The van der Waals surface area contributed by atoms with Crippen molar-refractivity contribution in [3.8, 4) is 0 Å². The van der Waals surface area contributed by atoms with Crippen molar-refractivity contribution in [3.63, 3.8) is 0 Å². The molecule has 0 fully saturated rings. The van der Waals surface area contributed by atoms with Crippen LogP contribution in [0.4, 0.5) is 13.6 Å². The first-order chi connectivity index (χ1) is 12.4. The maximum atomic E-state index is 13.2. The van der Waals surface area contributed by atoms with Gasteiger partial charge >= 0.3 is 12.2 Å². The Morgan fingerprint density at radius 3 is 1.78 bits per heavy atom. The molecule has 5 nitrogen and oxygen atoms in total. The number of aliphatic hydroxyl groups excluding tert-OH is 1. The number of carbonyl (C=O) groups excluding carboxylic acids is 1. The van der Waals surface area contributed by atoms with E-state index in [2.05, 4.69) is 41.5 Å². The summed E-state index contributed by atoms with van der Waals surface area (Å²) in [5, 5.41) is 10.3. The first-order valence-corrected chi connectivity index (χ1v) is 11.9. The first-order valence-electron chi connectivity index (χ1n) is 9.76. The highest BCUT2D eigenvalue weighted by Gasteiger charge is 2.45. The topological polar surface area (TPSA) is 59.0 Å². The number of amides is 1. The molecule has 0 aromatic carbocycles. The number of carbonyl (C=O) groups is 1. The van der Waals surface area contributed by atoms with Crippen molar-refractivity contribution in [2.75, 3.05) is 19.7 Å². The zero-order chi connectivity index (χ0) is 21.4. The second kappa shape index (κ2) is 11.8. The normalized spacial score (nSPS) is 13.3. The van der Waals surface area contributed by atoms with Gasteiger partial charge in [-0.25, -0.2) is 4.79 Å². The highest BCUT2D eigenvalue weighted by atomic mass is 28.4. The van der Waals surface area contributed by atoms with Crippen LogP contribution in [0.15, 0.2) is 11.8 Å². The van der Waals surface area contributed by atoms with Crippen molar-refractivity contribution in [2.24, 2.45) is 0 Å². The van der Waals surface area contributed by atoms with Crippen LogP contribution in [0.3, 0.4) is 0 Å². The number of nitrogens with zero attached hydrogens (tertiary/aromatic N) is 1. The third-order valence-corrected chi connectivity index (χ3v) is 11.2. The van der Waals surface area contributed by atoms with E-state index in [0.717, 1.165) is 0 Å². The van der Waals surface area contributed by atoms with Gasteiger partial charge in [0, 0.05) is 19.5 Å². The maximum absolute atomic E-state index is 13.2. The Morgan fingerprint density at radius 1 is 1.00 bits per heavy atom. The van der Waals surface area contributed by atoms with Crippen LogP contribution in [-0.4, -0.2) is 50.2 Å². The molecule has 0 bridgehead atoms. The number of hydrogen-bond donors (Lipinski definition) is 1. The summed E-state index contributed by atoms with van der Waals surface area (Å²) in [6, 6.07) is 0. The average molecular weight is 410 g/mol. The Morgan fingerprint density at radius 2 is 1.44 bits per heavy atom. The summed E-state index contributed by atoms with van der Waals surface area (Å²) < 4.78 is 37.4. The third-order valence-electron chi connectivity index (χ3n) is 5.10. The summed E-state index contributed by atoms with van der Waals surface area (Å²) in [6.07, 6.45) is -4.58. The second-order valence-corrected chi connectivity index (χ2v) is 13.2. The number of halogens is 2.